The molecular weight excluding hydrogens is 306 g/mol. The Balaban J connectivity index is 1.98. The van der Waals surface area contributed by atoms with Gasteiger partial charge in [-0.15, -0.1) is 0 Å². The van der Waals surface area contributed by atoms with Crippen LogP contribution in [0.3, 0.4) is 0 Å². The number of para-hydroxylation sites is 1. The number of nitrogens with zero attached hydrogens (tertiary/aromatic N) is 2. The SMILES string of the molecule is CN(C=O)c1c(C2CCC2)cccc1N(C)C1CCC(=O)NC1=O. The van der Waals surface area contributed by atoms with E-state index >= 15 is 0 Å². The minimum absolute atomic E-state index is 0.224. The van der Waals surface area contributed by atoms with Gasteiger partial charge < -0.3 is 9.80 Å². The van der Waals surface area contributed by atoms with Crippen molar-refractivity contribution in [2.24, 2.45) is 0 Å². The third-order valence-electron chi connectivity index (χ3n) is 5.16. The summed E-state index contributed by atoms with van der Waals surface area (Å²) in [5.41, 5.74) is 2.88. The van der Waals surface area contributed by atoms with Gasteiger partial charge in [0.15, 0.2) is 0 Å². The fourth-order valence-electron chi connectivity index (χ4n) is 3.54. The first-order chi connectivity index (χ1) is 11.5. The Hall–Kier alpha value is -2.37. The number of carbonyl (C=O) groups is 3. The Morgan fingerprint density at radius 1 is 1.17 bits per heavy atom. The van der Waals surface area contributed by atoms with Crippen molar-refractivity contribution in [1.82, 2.24) is 5.32 Å². The molecule has 0 bridgehead atoms. The molecular formula is C18H23N3O3. The summed E-state index contributed by atoms with van der Waals surface area (Å²) in [6.45, 7) is 0. The Morgan fingerprint density at radius 2 is 1.92 bits per heavy atom. The van der Waals surface area contributed by atoms with Crippen LogP contribution in [0.15, 0.2) is 18.2 Å². The second kappa shape index (κ2) is 6.63. The molecule has 6 nitrogen and oxygen atoms in total. The number of piperidine rings is 1. The van der Waals surface area contributed by atoms with E-state index in [0.717, 1.165) is 36.2 Å². The summed E-state index contributed by atoms with van der Waals surface area (Å²) in [5, 5.41) is 2.40. The molecule has 6 heteroatoms. The Morgan fingerprint density at radius 3 is 2.50 bits per heavy atom. The van der Waals surface area contributed by atoms with Crippen molar-refractivity contribution in [2.45, 2.75) is 44.1 Å². The Bertz CT molecular complexity index is 669. The summed E-state index contributed by atoms with van der Waals surface area (Å²) in [5.74, 6) is -0.0295. The van der Waals surface area contributed by atoms with Crippen LogP contribution in [0.2, 0.25) is 0 Å². The fraction of sp³-hybridized carbons (Fsp3) is 0.500. The van der Waals surface area contributed by atoms with E-state index in [9.17, 15) is 14.4 Å². The van der Waals surface area contributed by atoms with E-state index in [1.807, 2.05) is 24.1 Å². The smallest absolute Gasteiger partial charge is 0.249 e. The molecule has 0 aromatic heterocycles. The summed E-state index contributed by atoms with van der Waals surface area (Å²) < 4.78 is 0. The van der Waals surface area contributed by atoms with E-state index in [0.29, 0.717) is 18.8 Å². The predicted octanol–water partition coefficient (Wildman–Crippen LogP) is 1.79. The summed E-state index contributed by atoms with van der Waals surface area (Å²) >= 11 is 0. The molecule has 2 aliphatic rings. The number of amides is 3. The van der Waals surface area contributed by atoms with Crippen LogP contribution in [0.1, 0.15) is 43.6 Å². The second-order valence-corrected chi connectivity index (χ2v) is 6.64. The number of nitrogens with one attached hydrogen (secondary N) is 1. The molecule has 1 aromatic rings. The molecule has 24 heavy (non-hydrogen) atoms. The number of hydrogen-bond donors (Lipinski definition) is 1. The van der Waals surface area contributed by atoms with Gasteiger partial charge in [0.1, 0.15) is 6.04 Å². The van der Waals surface area contributed by atoms with E-state index in [1.165, 1.54) is 6.42 Å². The highest BCUT2D eigenvalue weighted by Gasteiger charge is 2.33. The maximum atomic E-state index is 12.2. The molecule has 3 amide bonds. The van der Waals surface area contributed by atoms with E-state index in [-0.39, 0.29) is 11.8 Å². The molecule has 1 atom stereocenters. The number of benzene rings is 1. The monoisotopic (exact) mass is 329 g/mol. The third kappa shape index (κ3) is 2.88. The Kier molecular flexibility index (Phi) is 4.55. The number of anilines is 2. The standard InChI is InChI=1S/C18H23N3O3/c1-20(11-22)17-13(12-5-3-6-12)7-4-8-14(17)21(2)15-9-10-16(23)19-18(15)24/h4,7-8,11-12,15H,3,5-6,9-10H2,1-2H3,(H,19,23,24). The van der Waals surface area contributed by atoms with Gasteiger partial charge in [-0.2, -0.15) is 0 Å². The maximum absolute atomic E-state index is 12.2. The van der Waals surface area contributed by atoms with Gasteiger partial charge in [-0.25, -0.2) is 0 Å². The lowest BCUT2D eigenvalue weighted by molar-refractivity contribution is -0.134. The highest BCUT2D eigenvalue weighted by molar-refractivity contribution is 6.02. The molecule has 0 spiro atoms. The van der Waals surface area contributed by atoms with Crippen LogP contribution in [0.4, 0.5) is 11.4 Å². The van der Waals surface area contributed by atoms with Gasteiger partial charge in [0.25, 0.3) is 0 Å². The minimum Gasteiger partial charge on any atom is -0.361 e. The molecule has 1 aromatic carbocycles. The van der Waals surface area contributed by atoms with Crippen molar-refractivity contribution in [2.75, 3.05) is 23.9 Å². The van der Waals surface area contributed by atoms with Gasteiger partial charge in [0.2, 0.25) is 18.2 Å². The lowest BCUT2D eigenvalue weighted by atomic mass is 9.79. The maximum Gasteiger partial charge on any atom is 0.249 e. The molecule has 1 unspecified atom stereocenters. The number of likely N-dealkylation sites (N-methyl/N-ethyl adjacent to an activating group) is 1. The predicted molar refractivity (Wildman–Crippen MR) is 92.1 cm³/mol. The summed E-state index contributed by atoms with van der Waals surface area (Å²) in [4.78, 5) is 38.5. The zero-order valence-electron chi connectivity index (χ0n) is 14.1. The first-order valence-corrected chi connectivity index (χ1v) is 8.40. The molecule has 128 valence electrons. The number of carbonyl (C=O) groups excluding carboxylic acids is 3. The number of hydrogen-bond acceptors (Lipinski definition) is 4. The van der Waals surface area contributed by atoms with Crippen LogP contribution in [-0.2, 0) is 14.4 Å². The van der Waals surface area contributed by atoms with Crippen molar-refractivity contribution >= 4 is 29.6 Å². The van der Waals surface area contributed by atoms with E-state index in [1.54, 1.807) is 11.9 Å². The van der Waals surface area contributed by atoms with Crippen molar-refractivity contribution in [3.05, 3.63) is 23.8 Å². The van der Waals surface area contributed by atoms with Gasteiger partial charge in [0.05, 0.1) is 11.4 Å². The zero-order valence-corrected chi connectivity index (χ0v) is 14.1. The van der Waals surface area contributed by atoms with Gasteiger partial charge in [-0.3, -0.25) is 19.7 Å². The first-order valence-electron chi connectivity index (χ1n) is 8.40. The van der Waals surface area contributed by atoms with Gasteiger partial charge >= 0.3 is 0 Å². The molecule has 3 rings (SSSR count). The molecule has 1 aliphatic heterocycles. The van der Waals surface area contributed by atoms with Crippen molar-refractivity contribution in [3.63, 3.8) is 0 Å². The number of imide groups is 1. The molecule has 1 heterocycles. The minimum atomic E-state index is -0.404. The first kappa shape index (κ1) is 16.5. The van der Waals surface area contributed by atoms with Crippen LogP contribution in [-0.4, -0.2) is 38.4 Å². The van der Waals surface area contributed by atoms with Crippen LogP contribution in [0.25, 0.3) is 0 Å². The number of rotatable bonds is 5. The summed E-state index contributed by atoms with van der Waals surface area (Å²) in [7, 11) is 3.59. The van der Waals surface area contributed by atoms with Gasteiger partial charge in [0, 0.05) is 20.5 Å². The van der Waals surface area contributed by atoms with Crippen molar-refractivity contribution < 1.29 is 14.4 Å². The highest BCUT2D eigenvalue weighted by atomic mass is 16.2. The van der Waals surface area contributed by atoms with E-state index < -0.39 is 6.04 Å². The van der Waals surface area contributed by atoms with Gasteiger partial charge in [-0.05, 0) is 36.8 Å². The van der Waals surface area contributed by atoms with E-state index in [4.69, 9.17) is 0 Å². The fourth-order valence-corrected chi connectivity index (χ4v) is 3.54. The van der Waals surface area contributed by atoms with Crippen LogP contribution >= 0.6 is 0 Å². The molecule has 1 aliphatic carbocycles. The molecule has 2 fully saturated rings. The largest absolute Gasteiger partial charge is 0.361 e. The zero-order chi connectivity index (χ0) is 17.3. The van der Waals surface area contributed by atoms with Crippen LogP contribution in [0.5, 0.6) is 0 Å². The Labute approximate surface area is 141 Å². The topological polar surface area (TPSA) is 69.7 Å². The quantitative estimate of drug-likeness (QED) is 0.660. The van der Waals surface area contributed by atoms with Crippen LogP contribution < -0.4 is 15.1 Å². The second-order valence-electron chi connectivity index (χ2n) is 6.64. The molecule has 0 radical (unpaired) electrons. The lowest BCUT2D eigenvalue weighted by Crippen LogP contribution is -2.51. The van der Waals surface area contributed by atoms with Crippen LogP contribution in [0, 0.1) is 0 Å². The summed E-state index contributed by atoms with van der Waals surface area (Å²) in [6.07, 6.45) is 5.10. The molecule has 1 saturated carbocycles. The third-order valence-corrected chi connectivity index (χ3v) is 5.16. The van der Waals surface area contributed by atoms with E-state index in [2.05, 4.69) is 11.4 Å². The van der Waals surface area contributed by atoms with Crippen molar-refractivity contribution in [1.29, 1.82) is 0 Å². The molecule has 1 saturated heterocycles. The summed E-state index contributed by atoms with van der Waals surface area (Å²) in [6, 6.07) is 5.58. The lowest BCUT2D eigenvalue weighted by Gasteiger charge is -2.36. The highest BCUT2D eigenvalue weighted by Crippen LogP contribution is 2.44. The normalized spacial score (nSPS) is 21.0. The average molecular weight is 329 g/mol. The molecule has 1 N–H and O–H groups in total. The van der Waals surface area contributed by atoms with Crippen molar-refractivity contribution in [3.8, 4) is 0 Å². The van der Waals surface area contributed by atoms with Gasteiger partial charge in [-0.1, -0.05) is 18.6 Å². The average Bonchev–Trinajstić information content (AvgIpc) is 2.52.